The SMILES string of the molecule is Cn1nnc2cc(-c3ccc(CN(C(=O)C4CCCCC4)c4cccc(C=CC(=O)O)c4)cc3)ccc21. The second-order valence-corrected chi connectivity index (χ2v) is 9.64. The molecule has 1 aromatic heterocycles. The zero-order valence-corrected chi connectivity index (χ0v) is 20.9. The Hall–Kier alpha value is -4.26. The second-order valence-electron chi connectivity index (χ2n) is 9.64. The molecule has 1 N–H and O–H groups in total. The molecule has 0 radical (unpaired) electrons. The average Bonchev–Trinajstić information content (AvgIpc) is 3.31. The van der Waals surface area contributed by atoms with E-state index in [9.17, 15) is 9.59 Å². The predicted molar refractivity (Wildman–Crippen MR) is 145 cm³/mol. The Morgan fingerprint density at radius 3 is 2.51 bits per heavy atom. The lowest BCUT2D eigenvalue weighted by molar-refractivity contribution is -0.131. The maximum Gasteiger partial charge on any atom is 0.328 e. The molecule has 1 heterocycles. The van der Waals surface area contributed by atoms with Gasteiger partial charge in [-0.15, -0.1) is 5.10 Å². The minimum atomic E-state index is -1.00. The van der Waals surface area contributed by atoms with Gasteiger partial charge in [0.05, 0.1) is 12.1 Å². The molecule has 1 aliphatic carbocycles. The third kappa shape index (κ3) is 5.61. The minimum Gasteiger partial charge on any atom is -0.478 e. The summed E-state index contributed by atoms with van der Waals surface area (Å²) in [5.41, 5.74) is 6.52. The Morgan fingerprint density at radius 2 is 1.76 bits per heavy atom. The number of rotatable bonds is 7. The van der Waals surface area contributed by atoms with Crippen LogP contribution in [0.15, 0.2) is 72.8 Å². The Kier molecular flexibility index (Phi) is 7.12. The molecule has 0 aliphatic heterocycles. The van der Waals surface area contributed by atoms with Gasteiger partial charge in [-0.25, -0.2) is 9.48 Å². The van der Waals surface area contributed by atoms with Gasteiger partial charge in [-0.3, -0.25) is 4.79 Å². The minimum absolute atomic E-state index is 0.0185. The van der Waals surface area contributed by atoms with E-state index in [0.717, 1.165) is 70.7 Å². The van der Waals surface area contributed by atoms with Crippen LogP contribution in [0.3, 0.4) is 0 Å². The van der Waals surface area contributed by atoms with E-state index in [2.05, 4.69) is 40.6 Å². The van der Waals surface area contributed by atoms with Gasteiger partial charge < -0.3 is 10.0 Å². The van der Waals surface area contributed by atoms with Gasteiger partial charge in [0.2, 0.25) is 5.91 Å². The highest BCUT2D eigenvalue weighted by molar-refractivity contribution is 5.95. The van der Waals surface area contributed by atoms with E-state index in [4.69, 9.17) is 5.11 Å². The summed E-state index contributed by atoms with van der Waals surface area (Å²) in [6.07, 6.45) is 7.84. The molecule has 1 aliphatic rings. The molecule has 1 saturated carbocycles. The summed E-state index contributed by atoms with van der Waals surface area (Å²) in [5, 5.41) is 17.3. The number of anilines is 1. The zero-order valence-electron chi connectivity index (χ0n) is 20.9. The molecule has 0 bridgehead atoms. The monoisotopic (exact) mass is 494 g/mol. The standard InChI is InChI=1S/C30H30N4O3/c1-33-28-16-15-25(19-27(28)31-32-33)23-13-10-22(11-14-23)20-34(30(37)24-7-3-2-4-8-24)26-9-5-6-21(18-26)12-17-29(35)36/h5-6,9-19,24H,2-4,7-8,20H2,1H3,(H,35,36). The first-order chi connectivity index (χ1) is 18.0. The summed E-state index contributed by atoms with van der Waals surface area (Å²) >= 11 is 0. The predicted octanol–water partition coefficient (Wildman–Crippen LogP) is 5.85. The highest BCUT2D eigenvalue weighted by atomic mass is 16.4. The summed E-state index contributed by atoms with van der Waals surface area (Å²) < 4.78 is 1.76. The number of hydrogen-bond donors (Lipinski definition) is 1. The van der Waals surface area contributed by atoms with Crippen molar-refractivity contribution in [3.05, 3.63) is 83.9 Å². The van der Waals surface area contributed by atoms with E-state index in [1.54, 1.807) is 10.8 Å². The van der Waals surface area contributed by atoms with E-state index >= 15 is 0 Å². The molecular formula is C30H30N4O3. The molecule has 7 heteroatoms. The van der Waals surface area contributed by atoms with Crippen molar-refractivity contribution in [2.75, 3.05) is 4.90 Å². The van der Waals surface area contributed by atoms with Crippen molar-refractivity contribution in [2.45, 2.75) is 38.6 Å². The fourth-order valence-corrected chi connectivity index (χ4v) is 5.04. The quantitative estimate of drug-likeness (QED) is 0.326. The number of fused-ring (bicyclic) bond motifs is 1. The first-order valence-corrected chi connectivity index (χ1v) is 12.7. The third-order valence-electron chi connectivity index (χ3n) is 7.06. The van der Waals surface area contributed by atoms with Gasteiger partial charge in [-0.2, -0.15) is 0 Å². The molecule has 37 heavy (non-hydrogen) atoms. The number of aromatic nitrogens is 3. The lowest BCUT2D eigenvalue weighted by Crippen LogP contribution is -2.36. The smallest absolute Gasteiger partial charge is 0.328 e. The van der Waals surface area contributed by atoms with Crippen LogP contribution < -0.4 is 4.90 Å². The van der Waals surface area contributed by atoms with Gasteiger partial charge in [0.25, 0.3) is 0 Å². The number of aryl methyl sites for hydroxylation is 1. The van der Waals surface area contributed by atoms with Crippen LogP contribution in [0.5, 0.6) is 0 Å². The highest BCUT2D eigenvalue weighted by Gasteiger charge is 2.27. The van der Waals surface area contributed by atoms with Crippen molar-refractivity contribution in [1.82, 2.24) is 15.0 Å². The van der Waals surface area contributed by atoms with Crippen molar-refractivity contribution in [3.63, 3.8) is 0 Å². The third-order valence-corrected chi connectivity index (χ3v) is 7.06. The average molecular weight is 495 g/mol. The van der Waals surface area contributed by atoms with Crippen molar-refractivity contribution in [3.8, 4) is 11.1 Å². The summed E-state index contributed by atoms with van der Waals surface area (Å²) in [4.78, 5) is 26.5. The van der Waals surface area contributed by atoms with Gasteiger partial charge in [-0.1, -0.05) is 66.9 Å². The van der Waals surface area contributed by atoms with Crippen LogP contribution in [-0.4, -0.2) is 32.0 Å². The lowest BCUT2D eigenvalue weighted by atomic mass is 9.88. The number of carboxylic acid groups (broad SMARTS) is 1. The van der Waals surface area contributed by atoms with Crippen LogP contribution in [0.25, 0.3) is 28.2 Å². The van der Waals surface area contributed by atoms with Crippen LogP contribution >= 0.6 is 0 Å². The van der Waals surface area contributed by atoms with Crippen LogP contribution in [-0.2, 0) is 23.2 Å². The number of aliphatic carboxylic acids is 1. The van der Waals surface area contributed by atoms with Crippen LogP contribution in [0, 0.1) is 5.92 Å². The number of hydrogen-bond acceptors (Lipinski definition) is 4. The van der Waals surface area contributed by atoms with Gasteiger partial charge in [0.15, 0.2) is 0 Å². The van der Waals surface area contributed by atoms with Crippen molar-refractivity contribution in [2.24, 2.45) is 13.0 Å². The van der Waals surface area contributed by atoms with E-state index < -0.39 is 5.97 Å². The largest absolute Gasteiger partial charge is 0.478 e. The summed E-state index contributed by atoms with van der Waals surface area (Å²) in [5.74, 6) is -0.847. The van der Waals surface area contributed by atoms with Gasteiger partial charge >= 0.3 is 5.97 Å². The van der Waals surface area contributed by atoms with E-state index in [0.29, 0.717) is 6.54 Å². The normalized spacial score (nSPS) is 14.3. The first-order valence-electron chi connectivity index (χ1n) is 12.7. The fraction of sp³-hybridized carbons (Fsp3) is 0.267. The van der Waals surface area contributed by atoms with Gasteiger partial charge in [0, 0.05) is 24.7 Å². The Morgan fingerprint density at radius 1 is 1.00 bits per heavy atom. The number of carbonyl (C=O) groups excluding carboxylic acids is 1. The Bertz CT molecular complexity index is 1450. The first kappa shape index (κ1) is 24.4. The maximum atomic E-state index is 13.7. The number of carbonyl (C=O) groups is 2. The van der Waals surface area contributed by atoms with E-state index in [-0.39, 0.29) is 11.8 Å². The summed E-state index contributed by atoms with van der Waals surface area (Å²) in [7, 11) is 1.88. The van der Waals surface area contributed by atoms with E-state index in [1.165, 1.54) is 6.42 Å². The molecule has 7 nitrogen and oxygen atoms in total. The topological polar surface area (TPSA) is 88.3 Å². The molecular weight excluding hydrogens is 464 g/mol. The van der Waals surface area contributed by atoms with Crippen LogP contribution in [0.1, 0.15) is 43.2 Å². The number of amides is 1. The van der Waals surface area contributed by atoms with E-state index in [1.807, 2.05) is 48.3 Å². The molecule has 0 unspecified atom stereocenters. The molecule has 0 spiro atoms. The maximum absolute atomic E-state index is 13.7. The Labute approximate surface area is 216 Å². The van der Waals surface area contributed by atoms with Crippen molar-refractivity contribution in [1.29, 1.82) is 0 Å². The molecule has 0 atom stereocenters. The number of carboxylic acids is 1. The van der Waals surface area contributed by atoms with Gasteiger partial charge in [0.1, 0.15) is 5.52 Å². The molecule has 1 fully saturated rings. The Balaban J connectivity index is 1.42. The molecule has 0 saturated heterocycles. The van der Waals surface area contributed by atoms with Crippen LogP contribution in [0.4, 0.5) is 5.69 Å². The second kappa shape index (κ2) is 10.8. The molecule has 188 valence electrons. The summed E-state index contributed by atoms with van der Waals surface area (Å²) in [6, 6.07) is 21.9. The molecule has 3 aromatic carbocycles. The highest BCUT2D eigenvalue weighted by Crippen LogP contribution is 2.30. The summed E-state index contributed by atoms with van der Waals surface area (Å²) in [6.45, 7) is 0.449. The number of nitrogens with zero attached hydrogens (tertiary/aromatic N) is 4. The molecule has 1 amide bonds. The molecule has 4 aromatic rings. The fourth-order valence-electron chi connectivity index (χ4n) is 5.04. The van der Waals surface area contributed by atoms with Gasteiger partial charge in [-0.05, 0) is 65.4 Å². The van der Waals surface area contributed by atoms with Crippen molar-refractivity contribution >= 4 is 34.7 Å². The number of benzene rings is 3. The van der Waals surface area contributed by atoms with Crippen LogP contribution in [0.2, 0.25) is 0 Å². The zero-order chi connectivity index (χ0) is 25.8. The van der Waals surface area contributed by atoms with Crippen molar-refractivity contribution < 1.29 is 14.7 Å². The molecule has 5 rings (SSSR count). The lowest BCUT2D eigenvalue weighted by Gasteiger charge is -2.30.